The number of nitrogens with zero attached hydrogens (tertiary/aromatic N) is 1. The Labute approximate surface area is 136 Å². The van der Waals surface area contributed by atoms with Crippen LogP contribution in [0.5, 0.6) is 0 Å². The van der Waals surface area contributed by atoms with Crippen molar-refractivity contribution in [1.82, 2.24) is 9.97 Å². The number of halogens is 2. The molecule has 0 unspecified atom stereocenters. The zero-order valence-electron chi connectivity index (χ0n) is 11.6. The Bertz CT molecular complexity index is 695. The molecule has 0 saturated heterocycles. The van der Waals surface area contributed by atoms with Crippen molar-refractivity contribution in [2.24, 2.45) is 5.92 Å². The Balaban J connectivity index is 2.54. The topological polar surface area (TPSA) is 45.8 Å². The summed E-state index contributed by atoms with van der Waals surface area (Å²) in [6.07, 6.45) is 0.786. The normalized spacial score (nSPS) is 11.1. The molecule has 1 aromatic heterocycles. The van der Waals surface area contributed by atoms with Gasteiger partial charge in [0, 0.05) is 10.6 Å². The summed E-state index contributed by atoms with van der Waals surface area (Å²) in [5.41, 5.74) is 2.59. The number of H-pyrrole nitrogens is 1. The molecule has 0 spiro atoms. The molecule has 0 aliphatic heterocycles. The number of aryl methyl sites for hydroxylation is 1. The highest BCUT2D eigenvalue weighted by Crippen LogP contribution is 2.23. The lowest BCUT2D eigenvalue weighted by atomic mass is 10.1. The number of rotatable bonds is 3. The molecular weight excluding hydrogens is 387 g/mol. The zero-order chi connectivity index (χ0) is 14.9. The molecular formula is C15H16ClIN2O. The fourth-order valence-corrected chi connectivity index (χ4v) is 2.56. The number of aromatic amines is 1. The van der Waals surface area contributed by atoms with Gasteiger partial charge in [-0.1, -0.05) is 37.6 Å². The Kier molecular flexibility index (Phi) is 4.86. The Morgan fingerprint density at radius 2 is 2.10 bits per heavy atom. The third-order valence-corrected chi connectivity index (χ3v) is 4.50. The monoisotopic (exact) mass is 402 g/mol. The van der Waals surface area contributed by atoms with Crippen LogP contribution in [0, 0.1) is 16.4 Å². The van der Waals surface area contributed by atoms with Crippen molar-refractivity contribution in [3.05, 3.63) is 48.4 Å². The first-order chi connectivity index (χ1) is 9.38. The molecule has 1 N–H and O–H groups in total. The van der Waals surface area contributed by atoms with E-state index in [0.717, 1.165) is 23.2 Å². The molecule has 0 saturated carbocycles. The van der Waals surface area contributed by atoms with Gasteiger partial charge in [-0.05, 0) is 53.5 Å². The minimum absolute atomic E-state index is 0.0945. The van der Waals surface area contributed by atoms with Crippen LogP contribution in [-0.2, 0) is 6.42 Å². The first-order valence-electron chi connectivity index (χ1n) is 6.43. The van der Waals surface area contributed by atoms with Crippen molar-refractivity contribution < 1.29 is 0 Å². The Hall–Kier alpha value is -0.880. The van der Waals surface area contributed by atoms with Crippen LogP contribution in [0.3, 0.4) is 0 Å². The van der Waals surface area contributed by atoms with Gasteiger partial charge in [0.25, 0.3) is 5.56 Å². The fourth-order valence-electron chi connectivity index (χ4n) is 1.90. The van der Waals surface area contributed by atoms with Gasteiger partial charge in [0.1, 0.15) is 5.82 Å². The second-order valence-electron chi connectivity index (χ2n) is 5.24. The molecule has 5 heteroatoms. The van der Waals surface area contributed by atoms with E-state index in [4.69, 9.17) is 11.6 Å². The summed E-state index contributed by atoms with van der Waals surface area (Å²) in [6.45, 7) is 6.17. The van der Waals surface area contributed by atoms with Crippen LogP contribution in [0.1, 0.15) is 25.1 Å². The summed E-state index contributed by atoms with van der Waals surface area (Å²) in [6, 6.07) is 5.68. The van der Waals surface area contributed by atoms with Crippen LogP contribution >= 0.6 is 34.2 Å². The Morgan fingerprint density at radius 3 is 2.70 bits per heavy atom. The molecule has 0 radical (unpaired) electrons. The molecule has 1 aromatic carbocycles. The zero-order valence-corrected chi connectivity index (χ0v) is 14.5. The lowest BCUT2D eigenvalue weighted by Gasteiger charge is -2.09. The van der Waals surface area contributed by atoms with Crippen molar-refractivity contribution >= 4 is 34.2 Å². The second kappa shape index (κ2) is 6.26. The molecule has 2 rings (SSSR count). The van der Waals surface area contributed by atoms with Gasteiger partial charge in [-0.3, -0.25) is 4.79 Å². The second-order valence-corrected chi connectivity index (χ2v) is 6.72. The molecule has 0 aliphatic rings. The van der Waals surface area contributed by atoms with Gasteiger partial charge < -0.3 is 4.98 Å². The summed E-state index contributed by atoms with van der Waals surface area (Å²) in [5, 5.41) is 0.675. The Morgan fingerprint density at radius 1 is 1.40 bits per heavy atom. The highest BCUT2D eigenvalue weighted by atomic mass is 127. The van der Waals surface area contributed by atoms with Crippen molar-refractivity contribution in [3.8, 4) is 11.4 Å². The van der Waals surface area contributed by atoms with E-state index in [0.29, 0.717) is 20.3 Å². The summed E-state index contributed by atoms with van der Waals surface area (Å²) >= 11 is 8.19. The van der Waals surface area contributed by atoms with E-state index < -0.39 is 0 Å². The predicted molar refractivity (Wildman–Crippen MR) is 91.3 cm³/mol. The number of hydrogen-bond donors (Lipinski definition) is 1. The molecule has 1 heterocycles. The van der Waals surface area contributed by atoms with Crippen molar-refractivity contribution in [2.75, 3.05) is 0 Å². The van der Waals surface area contributed by atoms with E-state index in [2.05, 4.69) is 46.4 Å². The van der Waals surface area contributed by atoms with Gasteiger partial charge in [0.05, 0.1) is 9.26 Å². The standard InChI is InChI=1S/C15H16ClIN2O/c1-8(2)6-12-13(17)15(20)19-14(18-12)10-5-4-9(3)11(16)7-10/h4-5,7-8H,6H2,1-3H3,(H,18,19,20). The average Bonchev–Trinajstić information content (AvgIpc) is 2.37. The van der Waals surface area contributed by atoms with Gasteiger partial charge >= 0.3 is 0 Å². The number of benzene rings is 1. The van der Waals surface area contributed by atoms with E-state index in [1.54, 1.807) is 0 Å². The van der Waals surface area contributed by atoms with Gasteiger partial charge in [-0.25, -0.2) is 4.98 Å². The van der Waals surface area contributed by atoms with Crippen LogP contribution in [0.15, 0.2) is 23.0 Å². The van der Waals surface area contributed by atoms with Gasteiger partial charge in [-0.15, -0.1) is 0 Å². The van der Waals surface area contributed by atoms with Crippen LogP contribution in [0.25, 0.3) is 11.4 Å². The number of aromatic nitrogens is 2. The number of nitrogens with one attached hydrogen (secondary N) is 1. The lowest BCUT2D eigenvalue weighted by Crippen LogP contribution is -2.17. The first-order valence-corrected chi connectivity index (χ1v) is 7.89. The summed E-state index contributed by atoms with van der Waals surface area (Å²) < 4.78 is 0.665. The third-order valence-electron chi connectivity index (χ3n) is 2.98. The first kappa shape index (κ1) is 15.5. The van der Waals surface area contributed by atoms with E-state index in [-0.39, 0.29) is 5.56 Å². The largest absolute Gasteiger partial charge is 0.306 e. The quantitative estimate of drug-likeness (QED) is 0.782. The number of hydrogen-bond acceptors (Lipinski definition) is 2. The van der Waals surface area contributed by atoms with Crippen molar-refractivity contribution in [1.29, 1.82) is 0 Å². The molecule has 0 aliphatic carbocycles. The minimum Gasteiger partial charge on any atom is -0.306 e. The van der Waals surface area contributed by atoms with E-state index in [1.165, 1.54) is 0 Å². The van der Waals surface area contributed by atoms with Crippen LogP contribution in [-0.4, -0.2) is 9.97 Å². The van der Waals surface area contributed by atoms with Gasteiger partial charge in [0.2, 0.25) is 0 Å². The summed E-state index contributed by atoms with van der Waals surface area (Å²) in [7, 11) is 0. The van der Waals surface area contributed by atoms with E-state index in [9.17, 15) is 4.79 Å². The maximum absolute atomic E-state index is 12.0. The predicted octanol–water partition coefficient (Wildman–Crippen LogP) is 4.20. The van der Waals surface area contributed by atoms with Crippen LogP contribution < -0.4 is 5.56 Å². The highest BCUT2D eigenvalue weighted by Gasteiger charge is 2.12. The molecule has 0 amide bonds. The highest BCUT2D eigenvalue weighted by molar-refractivity contribution is 14.1. The summed E-state index contributed by atoms with van der Waals surface area (Å²) in [4.78, 5) is 19.4. The molecule has 0 fully saturated rings. The summed E-state index contributed by atoms with van der Waals surface area (Å²) in [5.74, 6) is 1.03. The van der Waals surface area contributed by atoms with E-state index in [1.807, 2.05) is 25.1 Å². The minimum atomic E-state index is -0.0945. The van der Waals surface area contributed by atoms with Crippen molar-refractivity contribution in [2.45, 2.75) is 27.2 Å². The molecule has 20 heavy (non-hydrogen) atoms. The molecule has 0 bridgehead atoms. The molecule has 2 aromatic rings. The SMILES string of the molecule is Cc1ccc(-c2nc(CC(C)C)c(I)c(=O)[nH]2)cc1Cl. The molecule has 3 nitrogen and oxygen atoms in total. The average molecular weight is 403 g/mol. The third kappa shape index (κ3) is 3.41. The molecule has 0 atom stereocenters. The lowest BCUT2D eigenvalue weighted by molar-refractivity contribution is 0.631. The molecule has 106 valence electrons. The van der Waals surface area contributed by atoms with Crippen molar-refractivity contribution in [3.63, 3.8) is 0 Å². The maximum atomic E-state index is 12.0. The van der Waals surface area contributed by atoms with Crippen LogP contribution in [0.2, 0.25) is 5.02 Å². The van der Waals surface area contributed by atoms with Gasteiger partial charge in [0.15, 0.2) is 0 Å². The van der Waals surface area contributed by atoms with Gasteiger partial charge in [-0.2, -0.15) is 0 Å². The van der Waals surface area contributed by atoms with E-state index >= 15 is 0 Å². The van der Waals surface area contributed by atoms with Crippen LogP contribution in [0.4, 0.5) is 0 Å². The fraction of sp³-hybridized carbons (Fsp3) is 0.333. The maximum Gasteiger partial charge on any atom is 0.264 e. The smallest absolute Gasteiger partial charge is 0.264 e.